The van der Waals surface area contributed by atoms with E-state index in [0.29, 0.717) is 13.0 Å². The van der Waals surface area contributed by atoms with Crippen LogP contribution in [-0.2, 0) is 22.6 Å². The molecule has 0 radical (unpaired) electrons. The van der Waals surface area contributed by atoms with Crippen molar-refractivity contribution in [1.29, 1.82) is 0 Å². The standard InChI is InChI=1S/C21H28N2O3/c24-18(14-22-11-8-16-6-2-3-7-17(16)13-22)15-23-19(25)12-21(20(23)26)9-4-1-5-10-21/h2-3,6-7,18,24H,1,4-5,8-15H2/t18-/m0/s1. The number of rotatable bonds is 4. The topological polar surface area (TPSA) is 60.9 Å². The molecule has 5 nitrogen and oxygen atoms in total. The van der Waals surface area contributed by atoms with Gasteiger partial charge in [-0.3, -0.25) is 19.4 Å². The summed E-state index contributed by atoms with van der Waals surface area (Å²) in [5.74, 6) is -0.134. The van der Waals surface area contributed by atoms with Crippen LogP contribution in [0.4, 0.5) is 0 Å². The molecule has 1 aliphatic carbocycles. The second kappa shape index (κ2) is 7.12. The van der Waals surface area contributed by atoms with E-state index < -0.39 is 11.5 Å². The lowest BCUT2D eigenvalue weighted by atomic mass is 9.73. The number of aliphatic hydroxyl groups is 1. The van der Waals surface area contributed by atoms with E-state index in [1.807, 2.05) is 6.07 Å². The highest BCUT2D eigenvalue weighted by Gasteiger charge is 2.51. The fourth-order valence-corrected chi connectivity index (χ4v) is 4.94. The van der Waals surface area contributed by atoms with Crippen molar-refractivity contribution < 1.29 is 14.7 Å². The average Bonchev–Trinajstić information content (AvgIpc) is 2.86. The third kappa shape index (κ3) is 3.30. The van der Waals surface area contributed by atoms with E-state index in [4.69, 9.17) is 0 Å². The smallest absolute Gasteiger partial charge is 0.235 e. The Labute approximate surface area is 155 Å². The lowest BCUT2D eigenvalue weighted by Crippen LogP contribution is -2.45. The van der Waals surface area contributed by atoms with E-state index in [1.54, 1.807) is 0 Å². The van der Waals surface area contributed by atoms with Gasteiger partial charge in [0.25, 0.3) is 0 Å². The lowest BCUT2D eigenvalue weighted by molar-refractivity contribution is -0.144. The van der Waals surface area contributed by atoms with Crippen molar-refractivity contribution in [3.63, 3.8) is 0 Å². The number of imide groups is 1. The maximum atomic E-state index is 12.9. The number of nitrogens with zero attached hydrogens (tertiary/aromatic N) is 2. The first kappa shape index (κ1) is 17.7. The van der Waals surface area contributed by atoms with Crippen LogP contribution in [0.3, 0.4) is 0 Å². The molecule has 2 aliphatic heterocycles. The van der Waals surface area contributed by atoms with Crippen molar-refractivity contribution in [1.82, 2.24) is 9.80 Å². The van der Waals surface area contributed by atoms with Gasteiger partial charge in [-0.1, -0.05) is 43.5 Å². The largest absolute Gasteiger partial charge is 0.390 e. The monoisotopic (exact) mass is 356 g/mol. The molecule has 2 heterocycles. The molecule has 5 heteroatoms. The van der Waals surface area contributed by atoms with Gasteiger partial charge in [-0.2, -0.15) is 0 Å². The fourth-order valence-electron chi connectivity index (χ4n) is 4.94. The minimum absolute atomic E-state index is 0.0368. The Bertz CT molecular complexity index is 696. The van der Waals surface area contributed by atoms with Crippen LogP contribution in [0.5, 0.6) is 0 Å². The number of fused-ring (bicyclic) bond motifs is 1. The van der Waals surface area contributed by atoms with Gasteiger partial charge in [0.15, 0.2) is 0 Å². The number of hydrogen-bond donors (Lipinski definition) is 1. The van der Waals surface area contributed by atoms with E-state index >= 15 is 0 Å². The zero-order valence-electron chi connectivity index (χ0n) is 15.3. The van der Waals surface area contributed by atoms with Gasteiger partial charge in [0.05, 0.1) is 18.1 Å². The molecule has 1 saturated heterocycles. The molecule has 1 atom stereocenters. The molecule has 2 amide bonds. The zero-order chi connectivity index (χ0) is 18.1. The Kier molecular flexibility index (Phi) is 4.84. The fraction of sp³-hybridized carbons (Fsp3) is 0.619. The van der Waals surface area contributed by atoms with E-state index in [9.17, 15) is 14.7 Å². The van der Waals surface area contributed by atoms with Crippen molar-refractivity contribution >= 4 is 11.8 Å². The molecule has 1 spiro atoms. The van der Waals surface area contributed by atoms with Gasteiger partial charge in [-0.25, -0.2) is 0 Å². The van der Waals surface area contributed by atoms with Crippen LogP contribution < -0.4 is 0 Å². The summed E-state index contributed by atoms with van der Waals surface area (Å²) in [6, 6.07) is 8.40. The maximum Gasteiger partial charge on any atom is 0.235 e. The predicted molar refractivity (Wildman–Crippen MR) is 98.3 cm³/mol. The SMILES string of the molecule is O=C1CC2(CCCCC2)C(=O)N1C[C@@H](O)CN1CCc2ccccc2C1. The molecule has 140 valence electrons. The third-order valence-electron chi connectivity index (χ3n) is 6.37. The summed E-state index contributed by atoms with van der Waals surface area (Å²) >= 11 is 0. The minimum atomic E-state index is -0.688. The number of aliphatic hydroxyl groups excluding tert-OH is 1. The summed E-state index contributed by atoms with van der Waals surface area (Å²) in [7, 11) is 0. The minimum Gasteiger partial charge on any atom is -0.390 e. The first-order valence-electron chi connectivity index (χ1n) is 9.89. The number of benzene rings is 1. The van der Waals surface area contributed by atoms with E-state index in [2.05, 4.69) is 23.1 Å². The molecule has 1 saturated carbocycles. The number of carbonyl (C=O) groups excluding carboxylic acids is 2. The van der Waals surface area contributed by atoms with Gasteiger partial charge >= 0.3 is 0 Å². The average molecular weight is 356 g/mol. The molecule has 2 fully saturated rings. The molecule has 0 aromatic heterocycles. The summed E-state index contributed by atoms with van der Waals surface area (Å²) in [5, 5.41) is 10.5. The summed E-state index contributed by atoms with van der Waals surface area (Å²) in [5.41, 5.74) is 2.22. The Balaban J connectivity index is 1.36. The zero-order valence-corrected chi connectivity index (χ0v) is 15.3. The Hall–Kier alpha value is -1.72. The van der Waals surface area contributed by atoms with E-state index in [-0.39, 0.29) is 18.4 Å². The Morgan fingerprint density at radius 1 is 1.04 bits per heavy atom. The molecular weight excluding hydrogens is 328 g/mol. The third-order valence-corrected chi connectivity index (χ3v) is 6.37. The Morgan fingerprint density at radius 2 is 1.77 bits per heavy atom. The second-order valence-electron chi connectivity index (χ2n) is 8.23. The van der Waals surface area contributed by atoms with Crippen molar-refractivity contribution in [2.45, 2.75) is 57.6 Å². The Morgan fingerprint density at radius 3 is 2.54 bits per heavy atom. The van der Waals surface area contributed by atoms with Gasteiger partial charge in [-0.15, -0.1) is 0 Å². The number of β-amino-alcohol motifs (C(OH)–C–C–N with tert-alkyl or cyclic N) is 1. The molecule has 4 rings (SSSR count). The summed E-state index contributed by atoms with van der Waals surface area (Å²) in [6.45, 7) is 2.36. The molecule has 1 aromatic carbocycles. The molecule has 1 aromatic rings. The van der Waals surface area contributed by atoms with Crippen LogP contribution in [0.25, 0.3) is 0 Å². The summed E-state index contributed by atoms with van der Waals surface area (Å²) < 4.78 is 0. The van der Waals surface area contributed by atoms with Crippen molar-refractivity contribution in [3.05, 3.63) is 35.4 Å². The molecule has 3 aliphatic rings. The first-order valence-corrected chi connectivity index (χ1v) is 9.89. The van der Waals surface area contributed by atoms with Crippen molar-refractivity contribution in [2.24, 2.45) is 5.41 Å². The van der Waals surface area contributed by atoms with Crippen LogP contribution in [0, 0.1) is 5.41 Å². The van der Waals surface area contributed by atoms with Crippen LogP contribution in [0.1, 0.15) is 49.7 Å². The lowest BCUT2D eigenvalue weighted by Gasteiger charge is -2.32. The molecule has 26 heavy (non-hydrogen) atoms. The highest BCUT2D eigenvalue weighted by atomic mass is 16.3. The number of hydrogen-bond acceptors (Lipinski definition) is 4. The normalized spacial score (nSPS) is 24.1. The maximum absolute atomic E-state index is 12.9. The van der Waals surface area contributed by atoms with Gasteiger partial charge in [-0.05, 0) is 30.4 Å². The highest BCUT2D eigenvalue weighted by Crippen LogP contribution is 2.45. The van der Waals surface area contributed by atoms with Crippen LogP contribution in [-0.4, -0.2) is 52.5 Å². The van der Waals surface area contributed by atoms with Gasteiger partial charge in [0.1, 0.15) is 0 Å². The van der Waals surface area contributed by atoms with Crippen LogP contribution >= 0.6 is 0 Å². The van der Waals surface area contributed by atoms with E-state index in [0.717, 1.165) is 51.6 Å². The molecule has 1 N–H and O–H groups in total. The second-order valence-corrected chi connectivity index (χ2v) is 8.23. The molecule has 0 unspecified atom stereocenters. The van der Waals surface area contributed by atoms with Gasteiger partial charge in [0.2, 0.25) is 11.8 Å². The predicted octanol–water partition coefficient (Wildman–Crippen LogP) is 2.11. The van der Waals surface area contributed by atoms with Crippen molar-refractivity contribution in [2.75, 3.05) is 19.6 Å². The highest BCUT2D eigenvalue weighted by molar-refractivity contribution is 6.06. The van der Waals surface area contributed by atoms with Crippen LogP contribution in [0.15, 0.2) is 24.3 Å². The number of carbonyl (C=O) groups is 2. The number of amides is 2. The van der Waals surface area contributed by atoms with E-state index in [1.165, 1.54) is 16.0 Å². The quantitative estimate of drug-likeness (QED) is 0.840. The summed E-state index contributed by atoms with van der Waals surface area (Å²) in [4.78, 5) is 28.9. The summed E-state index contributed by atoms with van der Waals surface area (Å²) in [6.07, 6.45) is 5.50. The van der Waals surface area contributed by atoms with Crippen molar-refractivity contribution in [3.8, 4) is 0 Å². The van der Waals surface area contributed by atoms with Gasteiger partial charge in [0, 0.05) is 26.1 Å². The molecular formula is C21H28N2O3. The number of likely N-dealkylation sites (tertiary alicyclic amines) is 1. The van der Waals surface area contributed by atoms with Crippen LogP contribution in [0.2, 0.25) is 0 Å². The first-order chi connectivity index (χ1) is 12.6. The van der Waals surface area contributed by atoms with Gasteiger partial charge < -0.3 is 5.11 Å². The molecule has 0 bridgehead atoms.